The molecule has 0 unspecified atom stereocenters. The lowest BCUT2D eigenvalue weighted by Gasteiger charge is -2.09. The number of hydrogen-bond acceptors (Lipinski definition) is 5. The van der Waals surface area contributed by atoms with E-state index in [1.54, 1.807) is 24.0 Å². The van der Waals surface area contributed by atoms with Gasteiger partial charge in [-0.2, -0.15) is 5.10 Å². The van der Waals surface area contributed by atoms with Gasteiger partial charge in [-0.1, -0.05) is 35.0 Å². The lowest BCUT2D eigenvalue weighted by Crippen LogP contribution is -2.15. The van der Waals surface area contributed by atoms with Gasteiger partial charge >= 0.3 is 0 Å². The lowest BCUT2D eigenvalue weighted by molar-refractivity contribution is 0.101. The highest BCUT2D eigenvalue weighted by Gasteiger charge is 2.20. The average Bonchev–Trinajstić information content (AvgIpc) is 3.32. The predicted molar refractivity (Wildman–Crippen MR) is 122 cm³/mol. The van der Waals surface area contributed by atoms with E-state index in [-0.39, 0.29) is 18.2 Å². The summed E-state index contributed by atoms with van der Waals surface area (Å²) in [5.74, 6) is 0.934. The van der Waals surface area contributed by atoms with Crippen molar-refractivity contribution in [2.24, 2.45) is 0 Å². The van der Waals surface area contributed by atoms with Crippen molar-refractivity contribution in [3.8, 4) is 5.75 Å². The van der Waals surface area contributed by atoms with Gasteiger partial charge in [0.05, 0.1) is 23.3 Å². The van der Waals surface area contributed by atoms with Crippen LogP contribution < -0.4 is 10.1 Å². The van der Waals surface area contributed by atoms with Crippen molar-refractivity contribution in [2.75, 3.05) is 5.32 Å². The number of halogens is 1. The summed E-state index contributed by atoms with van der Waals surface area (Å²) >= 11 is 5.90. The number of hydrogen-bond donors (Lipinski definition) is 1. The fourth-order valence-electron chi connectivity index (χ4n) is 3.41. The minimum absolute atomic E-state index is 0.187. The number of aryl methyl sites for hydroxylation is 3. The Morgan fingerprint density at radius 2 is 1.84 bits per heavy atom. The summed E-state index contributed by atoms with van der Waals surface area (Å²) in [5, 5.41) is 11.6. The number of benzene rings is 2. The van der Waals surface area contributed by atoms with Crippen molar-refractivity contribution in [1.29, 1.82) is 0 Å². The third kappa shape index (κ3) is 5.18. The first-order chi connectivity index (χ1) is 15.4. The zero-order valence-electron chi connectivity index (χ0n) is 18.1. The van der Waals surface area contributed by atoms with E-state index >= 15 is 0 Å². The molecule has 1 amide bonds. The van der Waals surface area contributed by atoms with E-state index in [0.717, 1.165) is 22.4 Å². The molecule has 32 heavy (non-hydrogen) atoms. The smallest absolute Gasteiger partial charge is 0.278 e. The molecule has 0 atom stereocenters. The molecule has 0 aliphatic heterocycles. The van der Waals surface area contributed by atoms with Gasteiger partial charge in [0.25, 0.3) is 5.91 Å². The SMILES string of the molecule is Cc1cc(C)cc(OCc2c(C(=O)Nc3ccc(Cn4cc(Cl)cn4)cc3)noc2C)c1. The quantitative estimate of drug-likeness (QED) is 0.411. The van der Waals surface area contributed by atoms with E-state index < -0.39 is 0 Å². The van der Waals surface area contributed by atoms with Crippen LogP contribution in [0.4, 0.5) is 5.69 Å². The molecule has 0 saturated carbocycles. The fourth-order valence-corrected chi connectivity index (χ4v) is 3.56. The summed E-state index contributed by atoms with van der Waals surface area (Å²) in [4.78, 5) is 12.8. The number of nitrogens with zero attached hydrogens (tertiary/aromatic N) is 3. The molecule has 0 radical (unpaired) electrons. The van der Waals surface area contributed by atoms with Crippen LogP contribution in [0.5, 0.6) is 5.75 Å². The van der Waals surface area contributed by atoms with Crippen molar-refractivity contribution in [1.82, 2.24) is 14.9 Å². The Labute approximate surface area is 190 Å². The van der Waals surface area contributed by atoms with Crippen LogP contribution in [0.1, 0.15) is 38.5 Å². The molecule has 0 fully saturated rings. The van der Waals surface area contributed by atoms with Crippen LogP contribution in [0.2, 0.25) is 5.02 Å². The molecular formula is C24H23ClN4O3. The molecule has 0 aliphatic carbocycles. The number of aromatic nitrogens is 3. The van der Waals surface area contributed by atoms with E-state index in [1.165, 1.54) is 0 Å². The van der Waals surface area contributed by atoms with Crippen molar-refractivity contribution in [3.05, 3.63) is 93.6 Å². The minimum Gasteiger partial charge on any atom is -0.489 e. The molecule has 0 saturated heterocycles. The number of carbonyl (C=O) groups is 1. The van der Waals surface area contributed by atoms with E-state index in [0.29, 0.717) is 28.6 Å². The lowest BCUT2D eigenvalue weighted by atomic mass is 10.1. The summed E-state index contributed by atoms with van der Waals surface area (Å²) in [6, 6.07) is 13.5. The Morgan fingerprint density at radius 1 is 1.12 bits per heavy atom. The molecule has 0 aliphatic rings. The van der Waals surface area contributed by atoms with Gasteiger partial charge in [-0.05, 0) is 61.7 Å². The first kappa shape index (κ1) is 21.6. The van der Waals surface area contributed by atoms with Crippen molar-refractivity contribution < 1.29 is 14.1 Å². The molecule has 7 nitrogen and oxygen atoms in total. The number of rotatable bonds is 7. The van der Waals surface area contributed by atoms with Gasteiger partial charge in [-0.3, -0.25) is 9.48 Å². The van der Waals surface area contributed by atoms with Gasteiger partial charge in [-0.15, -0.1) is 0 Å². The van der Waals surface area contributed by atoms with Gasteiger partial charge < -0.3 is 14.6 Å². The normalized spacial score (nSPS) is 10.9. The van der Waals surface area contributed by atoms with Crippen molar-refractivity contribution in [3.63, 3.8) is 0 Å². The molecule has 8 heteroatoms. The number of anilines is 1. The molecular weight excluding hydrogens is 428 g/mol. The van der Waals surface area contributed by atoms with Crippen molar-refractivity contribution in [2.45, 2.75) is 33.9 Å². The average molecular weight is 451 g/mol. The minimum atomic E-state index is -0.354. The summed E-state index contributed by atoms with van der Waals surface area (Å²) in [5.41, 5.74) is 4.73. The molecule has 2 aromatic carbocycles. The van der Waals surface area contributed by atoms with Gasteiger partial charge in [0.2, 0.25) is 0 Å². The second-order valence-corrected chi connectivity index (χ2v) is 8.12. The molecule has 1 N–H and O–H groups in total. The highest BCUT2D eigenvalue weighted by molar-refractivity contribution is 6.30. The molecule has 2 aromatic heterocycles. The van der Waals surface area contributed by atoms with Crippen molar-refractivity contribution >= 4 is 23.2 Å². The number of ether oxygens (including phenoxy) is 1. The maximum atomic E-state index is 12.8. The zero-order chi connectivity index (χ0) is 22.7. The molecule has 2 heterocycles. The van der Waals surface area contributed by atoms with Gasteiger partial charge in [0.1, 0.15) is 18.1 Å². The Morgan fingerprint density at radius 3 is 2.50 bits per heavy atom. The highest BCUT2D eigenvalue weighted by atomic mass is 35.5. The van der Waals surface area contributed by atoms with E-state index in [4.69, 9.17) is 20.9 Å². The van der Waals surface area contributed by atoms with E-state index in [2.05, 4.69) is 21.6 Å². The summed E-state index contributed by atoms with van der Waals surface area (Å²) < 4.78 is 12.9. The van der Waals surface area contributed by atoms with Crippen LogP contribution in [0.15, 0.2) is 59.4 Å². The third-order valence-corrected chi connectivity index (χ3v) is 5.13. The van der Waals surface area contributed by atoms with Gasteiger partial charge in [0.15, 0.2) is 5.69 Å². The standard InChI is InChI=1S/C24H23ClN4O3/c1-15-8-16(2)10-21(9-15)31-14-22-17(3)32-28-23(22)24(30)27-20-6-4-18(5-7-20)12-29-13-19(25)11-26-29/h4-11,13H,12,14H2,1-3H3,(H,27,30). The van der Waals surface area contributed by atoms with Crippen LogP contribution in [0, 0.1) is 20.8 Å². The number of carbonyl (C=O) groups excluding carboxylic acids is 1. The zero-order valence-corrected chi connectivity index (χ0v) is 18.8. The van der Waals surface area contributed by atoms with Crippen LogP contribution in [-0.2, 0) is 13.2 Å². The van der Waals surface area contributed by atoms with Crippen LogP contribution in [-0.4, -0.2) is 20.8 Å². The number of amides is 1. The van der Waals surface area contributed by atoms with Crippen LogP contribution >= 0.6 is 11.6 Å². The Kier molecular flexibility index (Phi) is 6.28. The van der Waals surface area contributed by atoms with E-state index in [9.17, 15) is 4.79 Å². The maximum Gasteiger partial charge on any atom is 0.278 e. The molecule has 4 rings (SSSR count). The first-order valence-electron chi connectivity index (χ1n) is 10.1. The molecule has 4 aromatic rings. The molecule has 164 valence electrons. The Hall–Kier alpha value is -3.58. The van der Waals surface area contributed by atoms with E-state index in [1.807, 2.05) is 50.2 Å². The summed E-state index contributed by atoms with van der Waals surface area (Å²) in [6.07, 6.45) is 3.35. The van der Waals surface area contributed by atoms with Gasteiger partial charge in [-0.25, -0.2) is 0 Å². The largest absolute Gasteiger partial charge is 0.489 e. The van der Waals surface area contributed by atoms with Crippen LogP contribution in [0.3, 0.4) is 0 Å². The maximum absolute atomic E-state index is 12.8. The topological polar surface area (TPSA) is 82.2 Å². The Bertz CT molecular complexity index is 1220. The molecule has 0 spiro atoms. The van der Waals surface area contributed by atoms with Gasteiger partial charge in [0, 0.05) is 11.9 Å². The Balaban J connectivity index is 1.42. The second-order valence-electron chi connectivity index (χ2n) is 7.69. The number of nitrogens with one attached hydrogen (secondary N) is 1. The molecule has 0 bridgehead atoms. The fraction of sp³-hybridized carbons (Fsp3) is 0.208. The third-order valence-electron chi connectivity index (χ3n) is 4.94. The second kappa shape index (κ2) is 9.28. The highest BCUT2D eigenvalue weighted by Crippen LogP contribution is 2.21. The first-order valence-corrected chi connectivity index (χ1v) is 10.5. The predicted octanol–water partition coefficient (Wildman–Crippen LogP) is 5.33. The summed E-state index contributed by atoms with van der Waals surface area (Å²) in [7, 11) is 0. The monoisotopic (exact) mass is 450 g/mol. The van der Waals surface area contributed by atoms with Crippen LogP contribution in [0.25, 0.3) is 0 Å². The summed E-state index contributed by atoms with van der Waals surface area (Å²) in [6.45, 7) is 6.56.